The zero-order valence-electron chi connectivity index (χ0n) is 7.53. The van der Waals surface area contributed by atoms with E-state index in [4.69, 9.17) is 11.1 Å². The molecule has 0 saturated heterocycles. The zero-order valence-corrected chi connectivity index (χ0v) is 7.53. The summed E-state index contributed by atoms with van der Waals surface area (Å²) < 4.78 is 0.712. The maximum Gasteiger partial charge on any atom is 0.274 e. The summed E-state index contributed by atoms with van der Waals surface area (Å²) in [5, 5.41) is 7.18. The highest BCUT2D eigenvalue weighted by Crippen LogP contribution is 2.12. The predicted molar refractivity (Wildman–Crippen MR) is 49.2 cm³/mol. The van der Waals surface area contributed by atoms with Crippen LogP contribution < -0.4 is 5.73 Å². The van der Waals surface area contributed by atoms with Crippen LogP contribution in [0.2, 0.25) is 0 Å². The lowest BCUT2D eigenvalue weighted by Crippen LogP contribution is -2.15. The van der Waals surface area contributed by atoms with Gasteiger partial charge in [-0.3, -0.25) is 5.41 Å². The van der Waals surface area contributed by atoms with Gasteiger partial charge in [-0.2, -0.15) is 0 Å². The van der Waals surface area contributed by atoms with Gasteiger partial charge >= 0.3 is 0 Å². The quantitative estimate of drug-likeness (QED) is 0.398. The minimum absolute atomic E-state index is 0.0856. The lowest BCUT2D eigenvalue weighted by atomic mass is 10.2. The number of nitrogens with zero attached hydrogens (tertiary/aromatic N) is 2. The van der Waals surface area contributed by atoms with Crippen molar-refractivity contribution >= 4 is 11.5 Å². The van der Waals surface area contributed by atoms with Crippen molar-refractivity contribution in [3.05, 3.63) is 28.4 Å². The molecule has 0 amide bonds. The number of hydrogen-bond donors (Lipinski definition) is 2. The van der Waals surface area contributed by atoms with Gasteiger partial charge < -0.3 is 5.73 Å². The van der Waals surface area contributed by atoms with Crippen LogP contribution in [0, 0.1) is 17.2 Å². The van der Waals surface area contributed by atoms with Gasteiger partial charge in [-0.25, -0.2) is 4.98 Å². The highest BCUT2D eigenvalue weighted by molar-refractivity contribution is 5.94. The van der Waals surface area contributed by atoms with Crippen molar-refractivity contribution in [2.45, 2.75) is 6.92 Å². The van der Waals surface area contributed by atoms with E-state index in [1.165, 1.54) is 13.2 Å². The zero-order chi connectivity index (χ0) is 10.0. The van der Waals surface area contributed by atoms with Gasteiger partial charge in [0.2, 0.25) is 0 Å². The van der Waals surface area contributed by atoms with Crippen molar-refractivity contribution in [1.82, 2.24) is 4.98 Å². The number of nitrogens with one attached hydrogen (secondary N) is 1. The average Bonchev–Trinajstić information content (AvgIpc) is 2.03. The number of nitrogens with two attached hydrogens (primary N) is 1. The molecule has 1 aromatic rings. The number of hydrogen-bond acceptors (Lipinski definition) is 3. The van der Waals surface area contributed by atoms with Crippen molar-refractivity contribution in [1.29, 1.82) is 5.41 Å². The lowest BCUT2D eigenvalue weighted by Gasteiger charge is -2.00. The number of amidine groups is 1. The molecular formula is C8H11N4O+. The van der Waals surface area contributed by atoms with E-state index in [1.807, 2.05) is 0 Å². The smallest absolute Gasteiger partial charge is 0.274 e. The van der Waals surface area contributed by atoms with Crippen LogP contribution in [0.15, 0.2) is 12.3 Å². The summed E-state index contributed by atoms with van der Waals surface area (Å²) in [6.45, 7) is 1.76. The Hall–Kier alpha value is -1.78. The van der Waals surface area contributed by atoms with Crippen LogP contribution in [0.4, 0.5) is 5.69 Å². The Labute approximate surface area is 75.7 Å². The molecule has 0 atom stereocenters. The SMILES string of the molecule is Cc1cc([N+](C)=O)cnc1C(=N)N. The number of nitroso groups, excluding NO2 is 1. The summed E-state index contributed by atoms with van der Waals surface area (Å²) in [6.07, 6.45) is 1.40. The van der Waals surface area contributed by atoms with E-state index in [0.717, 1.165) is 5.56 Å². The Kier molecular flexibility index (Phi) is 2.36. The van der Waals surface area contributed by atoms with Gasteiger partial charge in [-0.1, -0.05) is 0 Å². The Morgan fingerprint density at radius 2 is 2.31 bits per heavy atom. The predicted octanol–water partition coefficient (Wildman–Crippen LogP) is 0.714. The van der Waals surface area contributed by atoms with Crippen molar-refractivity contribution in [2.24, 2.45) is 5.73 Å². The number of pyridine rings is 1. The molecule has 3 N–H and O–H groups in total. The minimum atomic E-state index is -0.0856. The van der Waals surface area contributed by atoms with Crippen LogP contribution in [0.1, 0.15) is 11.3 Å². The lowest BCUT2D eigenvalue weighted by molar-refractivity contribution is -0.428. The summed E-state index contributed by atoms with van der Waals surface area (Å²) in [6, 6.07) is 1.65. The van der Waals surface area contributed by atoms with Gasteiger partial charge in [0.25, 0.3) is 5.69 Å². The monoisotopic (exact) mass is 179 g/mol. The molecule has 1 rings (SSSR count). The molecule has 0 fully saturated rings. The third-order valence-electron chi connectivity index (χ3n) is 1.68. The van der Waals surface area contributed by atoms with E-state index in [-0.39, 0.29) is 5.84 Å². The molecule has 5 heteroatoms. The molecule has 0 spiro atoms. The highest BCUT2D eigenvalue weighted by Gasteiger charge is 2.11. The van der Waals surface area contributed by atoms with Gasteiger partial charge in [0.05, 0.1) is 0 Å². The molecule has 13 heavy (non-hydrogen) atoms. The second-order valence-electron chi connectivity index (χ2n) is 2.77. The van der Waals surface area contributed by atoms with Gasteiger partial charge in [0, 0.05) is 15.7 Å². The molecule has 0 unspecified atom stereocenters. The van der Waals surface area contributed by atoms with E-state index in [1.54, 1.807) is 13.0 Å². The number of nitrogen functional groups attached to an aromatic ring is 1. The molecule has 1 heterocycles. The first-order valence-corrected chi connectivity index (χ1v) is 3.74. The van der Waals surface area contributed by atoms with Gasteiger partial charge in [-0.15, -0.1) is 0 Å². The highest BCUT2D eigenvalue weighted by atomic mass is 16.3. The first kappa shape index (κ1) is 9.31. The third kappa shape index (κ3) is 1.87. The molecule has 0 aliphatic rings. The number of aryl methyl sites for hydroxylation is 1. The summed E-state index contributed by atoms with van der Waals surface area (Å²) >= 11 is 0. The van der Waals surface area contributed by atoms with Gasteiger partial charge in [0.15, 0.2) is 7.05 Å². The van der Waals surface area contributed by atoms with Crippen LogP contribution >= 0.6 is 0 Å². The van der Waals surface area contributed by atoms with Crippen molar-refractivity contribution in [3.8, 4) is 0 Å². The molecule has 0 radical (unpaired) electrons. The molecule has 0 aliphatic carbocycles. The Morgan fingerprint density at radius 3 is 2.69 bits per heavy atom. The van der Waals surface area contributed by atoms with Crippen LogP contribution in [-0.4, -0.2) is 22.6 Å². The van der Waals surface area contributed by atoms with Crippen LogP contribution in [0.3, 0.4) is 0 Å². The van der Waals surface area contributed by atoms with Crippen LogP contribution in [-0.2, 0) is 0 Å². The maximum atomic E-state index is 10.9. The minimum Gasteiger partial charge on any atom is -0.382 e. The topological polar surface area (TPSA) is 82.8 Å². The number of rotatable bonds is 2. The average molecular weight is 179 g/mol. The van der Waals surface area contributed by atoms with Crippen molar-refractivity contribution in [2.75, 3.05) is 7.05 Å². The molecular weight excluding hydrogens is 168 g/mol. The largest absolute Gasteiger partial charge is 0.382 e. The fourth-order valence-electron chi connectivity index (χ4n) is 1.01. The molecule has 0 aromatic carbocycles. The normalized spacial score (nSPS) is 9.69. The fraction of sp³-hybridized carbons (Fsp3) is 0.250. The van der Waals surface area contributed by atoms with Crippen molar-refractivity contribution in [3.63, 3.8) is 0 Å². The molecule has 0 aliphatic heterocycles. The Morgan fingerprint density at radius 1 is 1.69 bits per heavy atom. The molecule has 68 valence electrons. The van der Waals surface area contributed by atoms with Crippen molar-refractivity contribution < 1.29 is 4.76 Å². The second-order valence-corrected chi connectivity index (χ2v) is 2.77. The molecule has 5 nitrogen and oxygen atoms in total. The van der Waals surface area contributed by atoms with E-state index in [2.05, 4.69) is 4.98 Å². The summed E-state index contributed by atoms with van der Waals surface area (Å²) in [5.74, 6) is -0.0856. The third-order valence-corrected chi connectivity index (χ3v) is 1.68. The van der Waals surface area contributed by atoms with E-state index in [0.29, 0.717) is 16.1 Å². The van der Waals surface area contributed by atoms with Crippen LogP contribution in [0.5, 0.6) is 0 Å². The maximum absolute atomic E-state index is 10.9. The van der Waals surface area contributed by atoms with Gasteiger partial charge in [0.1, 0.15) is 17.7 Å². The first-order valence-electron chi connectivity index (χ1n) is 3.74. The standard InChI is InChI=1S/C8H11N4O/c1-5-3-6(12(2)13)4-11-7(5)8(9)10/h3-4H,1-2H3,(H3,9,10)/q+1. The summed E-state index contributed by atoms with van der Waals surface area (Å²) in [4.78, 5) is 14.8. The molecule has 0 bridgehead atoms. The van der Waals surface area contributed by atoms with Crippen LogP contribution in [0.25, 0.3) is 0 Å². The summed E-state index contributed by atoms with van der Waals surface area (Å²) in [7, 11) is 1.39. The Balaban J connectivity index is 3.20. The molecule has 0 saturated carbocycles. The van der Waals surface area contributed by atoms with Gasteiger partial charge in [-0.05, 0) is 12.5 Å². The first-order chi connectivity index (χ1) is 6.02. The fourth-order valence-corrected chi connectivity index (χ4v) is 1.01. The summed E-state index contributed by atoms with van der Waals surface area (Å²) in [5.41, 5.74) is 6.88. The van der Waals surface area contributed by atoms with E-state index in [9.17, 15) is 4.91 Å². The molecule has 1 aromatic heterocycles. The Bertz CT molecular complexity index is 372. The van der Waals surface area contributed by atoms with E-state index < -0.39 is 0 Å². The second kappa shape index (κ2) is 3.30. The van der Waals surface area contributed by atoms with E-state index >= 15 is 0 Å². The number of aromatic nitrogens is 1.